The van der Waals surface area contributed by atoms with Gasteiger partial charge in [-0.25, -0.2) is 22.0 Å². The Morgan fingerprint density at radius 2 is 1.30 bits per heavy atom. The Hall–Kier alpha value is -5.09. The van der Waals surface area contributed by atoms with Gasteiger partial charge in [0.2, 0.25) is 18.1 Å². The number of amides is 1. The third kappa shape index (κ3) is 26.1. The number of esters is 1. The Kier molecular flexibility index (Phi) is 33.3. The van der Waals surface area contributed by atoms with Gasteiger partial charge in [-0.05, 0) is 114 Å². The van der Waals surface area contributed by atoms with Crippen molar-refractivity contribution in [3.63, 3.8) is 0 Å². The second-order valence-electron chi connectivity index (χ2n) is 22.8. The molecule has 6 rings (SSSR count). The molecule has 4 fully saturated rings. The van der Waals surface area contributed by atoms with Crippen LogP contribution in [0.1, 0.15) is 116 Å². The van der Waals surface area contributed by atoms with Gasteiger partial charge in [0.25, 0.3) is 0 Å². The number of halogens is 5. The van der Waals surface area contributed by atoms with Gasteiger partial charge in [0.1, 0.15) is 17.4 Å². The SMILES string of the molecule is CC(=N)N(C(=N)C1CC2(CC(OCCOCCOCCOCCOC/C(C=NCCOCCOCCOCCOCCC(=O)Oc3c(F)cc(F)cc3F)=N/N)C2)C1)C(C)CC1CCC(C)N1CCC(c1ccccc1)C1CCC(F)(F)CC1.NC=O. The quantitative estimate of drug-likeness (QED) is 0.00560. The van der Waals surface area contributed by atoms with Crippen LogP contribution in [0.5, 0.6) is 5.75 Å². The predicted molar refractivity (Wildman–Crippen MR) is 319 cm³/mol. The van der Waals surface area contributed by atoms with Crippen LogP contribution in [0.4, 0.5) is 22.0 Å². The molecule has 1 heterocycles. The summed E-state index contributed by atoms with van der Waals surface area (Å²) in [5, 5.41) is 21.8. The lowest BCUT2D eigenvalue weighted by molar-refractivity contribution is -0.136. The van der Waals surface area contributed by atoms with Crippen molar-refractivity contribution in [2.45, 2.75) is 140 Å². The number of ether oxygens (including phenoxy) is 10. The van der Waals surface area contributed by atoms with Gasteiger partial charge in [-0.1, -0.05) is 30.3 Å². The van der Waals surface area contributed by atoms with Crippen LogP contribution in [0.3, 0.4) is 0 Å². The van der Waals surface area contributed by atoms with E-state index in [0.717, 1.165) is 57.9 Å². The van der Waals surface area contributed by atoms with Gasteiger partial charge in [0.15, 0.2) is 11.6 Å². The van der Waals surface area contributed by atoms with Crippen LogP contribution >= 0.6 is 0 Å². The molecular formula is C62H95F5N8O12. The number of carbonyl (C=O) groups excluding carboxylic acids is 2. The number of hydrazone groups is 1. The number of nitrogens with zero attached hydrogens (tertiary/aromatic N) is 4. The Labute approximate surface area is 509 Å². The molecule has 2 aromatic rings. The lowest BCUT2D eigenvalue weighted by Crippen LogP contribution is -2.57. The lowest BCUT2D eigenvalue weighted by atomic mass is 9.50. The van der Waals surface area contributed by atoms with E-state index in [1.807, 2.05) is 17.9 Å². The zero-order valence-corrected chi connectivity index (χ0v) is 51.1. The minimum absolute atomic E-state index is 0.0173. The highest BCUT2D eigenvalue weighted by Crippen LogP contribution is 2.60. The minimum Gasteiger partial charge on any atom is -0.420 e. The number of aliphatic imine (C=N–C) groups is 1. The molecule has 4 atom stereocenters. The number of likely N-dealkylation sites (tertiary alicyclic amines) is 1. The number of carbonyl (C=O) groups is 2. The molecule has 20 nitrogen and oxygen atoms in total. The van der Waals surface area contributed by atoms with Crippen molar-refractivity contribution in [3.05, 3.63) is 65.5 Å². The van der Waals surface area contributed by atoms with E-state index >= 15 is 0 Å². The minimum atomic E-state index is -2.54. The Bertz CT molecular complexity index is 2360. The van der Waals surface area contributed by atoms with E-state index in [1.54, 1.807) is 0 Å². The number of rotatable bonds is 41. The Morgan fingerprint density at radius 3 is 1.85 bits per heavy atom. The predicted octanol–water partition coefficient (Wildman–Crippen LogP) is 8.50. The molecule has 2 aromatic carbocycles. The van der Waals surface area contributed by atoms with Crippen LogP contribution in [0.15, 0.2) is 52.6 Å². The highest BCUT2D eigenvalue weighted by atomic mass is 19.3. The molecular weight excluding hydrogens is 1140 g/mol. The van der Waals surface area contributed by atoms with Crippen molar-refractivity contribution in [3.8, 4) is 5.75 Å². The summed E-state index contributed by atoms with van der Waals surface area (Å²) < 4.78 is 123. The molecule has 1 spiro atoms. The molecule has 490 valence electrons. The molecule has 87 heavy (non-hydrogen) atoms. The summed E-state index contributed by atoms with van der Waals surface area (Å²) in [6.45, 7) is 13.4. The fraction of sp³-hybridized carbons (Fsp3) is 0.710. The van der Waals surface area contributed by atoms with E-state index in [-0.39, 0.29) is 87.4 Å². The lowest BCUT2D eigenvalue weighted by Gasteiger charge is -2.58. The molecule has 1 amide bonds. The topological polar surface area (TPSA) is 257 Å². The van der Waals surface area contributed by atoms with Crippen LogP contribution in [0.2, 0.25) is 0 Å². The number of amidine groups is 2. The molecule has 1 aliphatic heterocycles. The van der Waals surface area contributed by atoms with Crippen LogP contribution in [-0.2, 0) is 52.2 Å². The van der Waals surface area contributed by atoms with Crippen molar-refractivity contribution in [1.82, 2.24) is 9.80 Å². The first-order chi connectivity index (χ1) is 42.0. The van der Waals surface area contributed by atoms with E-state index in [2.05, 4.69) is 63.6 Å². The summed E-state index contributed by atoms with van der Waals surface area (Å²) in [4.78, 5) is 29.2. The van der Waals surface area contributed by atoms with Crippen molar-refractivity contribution >= 4 is 36.0 Å². The monoisotopic (exact) mass is 1240 g/mol. The van der Waals surface area contributed by atoms with Gasteiger partial charge in [0.05, 0.1) is 137 Å². The van der Waals surface area contributed by atoms with E-state index in [0.29, 0.717) is 147 Å². The molecule has 25 heteroatoms. The zero-order valence-electron chi connectivity index (χ0n) is 51.1. The summed E-state index contributed by atoms with van der Waals surface area (Å²) in [5.41, 5.74) is 6.13. The molecule has 0 radical (unpaired) electrons. The number of hydrogen-bond donors (Lipinski definition) is 4. The van der Waals surface area contributed by atoms with Gasteiger partial charge in [-0.15, -0.1) is 0 Å². The van der Waals surface area contributed by atoms with E-state index < -0.39 is 35.1 Å². The first-order valence-electron chi connectivity index (χ1n) is 30.6. The van der Waals surface area contributed by atoms with Gasteiger partial charge in [-0.2, -0.15) is 5.10 Å². The average molecular weight is 1240 g/mol. The molecule has 3 aliphatic carbocycles. The summed E-state index contributed by atoms with van der Waals surface area (Å²) in [6.07, 6.45) is 10.8. The maximum Gasteiger partial charge on any atom is 0.313 e. The van der Waals surface area contributed by atoms with Gasteiger partial charge in [-0.3, -0.25) is 30.3 Å². The number of nitrogens with two attached hydrogens (primary N) is 2. The maximum absolute atomic E-state index is 14.2. The second-order valence-corrected chi connectivity index (χ2v) is 22.8. The number of alkyl halides is 2. The second kappa shape index (κ2) is 39.8. The molecule has 3 saturated carbocycles. The van der Waals surface area contributed by atoms with Crippen LogP contribution in [0.25, 0.3) is 0 Å². The summed E-state index contributed by atoms with van der Waals surface area (Å²) in [6, 6.07) is 12.2. The van der Waals surface area contributed by atoms with Crippen molar-refractivity contribution < 1.29 is 78.9 Å². The first-order valence-corrected chi connectivity index (χ1v) is 30.6. The number of nitrogens with one attached hydrogen (secondary N) is 2. The third-order valence-corrected chi connectivity index (χ3v) is 16.4. The molecule has 1 saturated heterocycles. The van der Waals surface area contributed by atoms with Gasteiger partial charge < -0.3 is 63.8 Å². The number of hydrogen-bond acceptors (Lipinski definition) is 18. The van der Waals surface area contributed by atoms with Crippen molar-refractivity contribution in [1.29, 1.82) is 10.8 Å². The van der Waals surface area contributed by atoms with Crippen LogP contribution < -0.4 is 16.3 Å². The van der Waals surface area contributed by atoms with Crippen LogP contribution in [0, 0.1) is 45.5 Å². The number of benzene rings is 2. The van der Waals surface area contributed by atoms with E-state index in [1.165, 1.54) is 11.8 Å². The highest BCUT2D eigenvalue weighted by Gasteiger charge is 2.55. The van der Waals surface area contributed by atoms with E-state index in [4.69, 9.17) is 58.7 Å². The largest absolute Gasteiger partial charge is 0.420 e. The molecule has 4 unspecified atom stereocenters. The fourth-order valence-electron chi connectivity index (χ4n) is 12.1. The molecule has 6 N–H and O–H groups in total. The highest BCUT2D eigenvalue weighted by molar-refractivity contribution is 6.31. The standard InChI is InChI=1S/C61H92F5N7O11.CH3NO/c1-44-9-10-52(72(44)18-13-54(47-7-5-4-6-8-47)48-11-15-61(65,66)16-12-48)35-45(2)73(46(3)67)59(68)49-38-60(39-49)40-53(41-60)83-34-33-81-30-29-79-27-28-80-31-32-82-43-51(71-69)42-70-17-20-76-22-24-78-26-25-77-23-21-75-19-14-57(74)84-58-55(63)36-50(62)37-56(58)64;2-1-3/h4-8,36-37,42,44-45,48-49,52-54,67-68H,9-35,38-41,43,69H2,1-3H3;1H,(H2,2,3)/b67-46?,68-59?,70-42?,71-51+;. The summed E-state index contributed by atoms with van der Waals surface area (Å²) >= 11 is 0. The summed E-state index contributed by atoms with van der Waals surface area (Å²) in [5.74, 6) is -1.01. The zero-order chi connectivity index (χ0) is 62.9. The van der Waals surface area contributed by atoms with Crippen molar-refractivity contribution in [2.24, 2.45) is 38.9 Å². The summed E-state index contributed by atoms with van der Waals surface area (Å²) in [7, 11) is 0. The van der Waals surface area contributed by atoms with Gasteiger partial charge >= 0.3 is 5.97 Å². The third-order valence-electron chi connectivity index (χ3n) is 16.4. The van der Waals surface area contributed by atoms with Crippen molar-refractivity contribution in [2.75, 3.05) is 125 Å². The Balaban J connectivity index is 0.00000450. The fourth-order valence-corrected chi connectivity index (χ4v) is 12.1. The molecule has 0 bridgehead atoms. The average Bonchev–Trinajstić information content (AvgIpc) is 1.19. The molecule has 0 aromatic heterocycles. The Morgan fingerprint density at radius 1 is 0.770 bits per heavy atom. The smallest absolute Gasteiger partial charge is 0.313 e. The maximum atomic E-state index is 14.2. The first kappa shape index (κ1) is 72.7. The molecule has 4 aliphatic rings. The normalized spacial score (nSPS) is 21.9. The van der Waals surface area contributed by atoms with E-state index in [9.17, 15) is 32.2 Å². The van der Waals surface area contributed by atoms with Crippen LogP contribution in [-0.4, -0.2) is 201 Å². The van der Waals surface area contributed by atoms with Gasteiger partial charge in [0, 0.05) is 55.2 Å². The number of primary amides is 1.